The van der Waals surface area contributed by atoms with Crippen molar-refractivity contribution in [2.45, 2.75) is 73.1 Å². The summed E-state index contributed by atoms with van der Waals surface area (Å²) in [4.78, 5) is 0. The molecule has 0 aliphatic rings. The van der Waals surface area contributed by atoms with Gasteiger partial charge in [-0.3, -0.25) is 0 Å². The maximum Gasteiger partial charge on any atom is -0.0176 e. The average Bonchev–Trinajstić information content (AvgIpc) is 2.09. The number of unbranched alkanes of at least 4 members (excludes halogenated alkanes) is 5. The molecule has 0 aromatic carbocycles. The highest BCUT2D eigenvalue weighted by atomic mass is 14.2. The summed E-state index contributed by atoms with van der Waals surface area (Å²) in [6.07, 6.45) is 10.6. The van der Waals surface area contributed by atoms with Crippen LogP contribution >= 0.6 is 0 Å². The quantitative estimate of drug-likeness (QED) is 0.397. The molecule has 0 aliphatic carbocycles. The van der Waals surface area contributed by atoms with E-state index in [-0.39, 0.29) is 0 Å². The number of hydrogen-bond donors (Lipinski definition) is 0. The molecular weight excluding hydrogens is 168 g/mol. The van der Waals surface area contributed by atoms with Gasteiger partial charge in [-0.05, 0) is 25.2 Å². The predicted molar refractivity (Wildman–Crippen MR) is 66.6 cm³/mol. The lowest BCUT2D eigenvalue weighted by atomic mass is 9.87. The van der Waals surface area contributed by atoms with E-state index in [4.69, 9.17) is 0 Å². The van der Waals surface area contributed by atoms with Crippen molar-refractivity contribution in [1.29, 1.82) is 0 Å². The van der Waals surface area contributed by atoms with Gasteiger partial charge in [0.05, 0.1) is 0 Å². The SMILES string of the molecule is CCCCCCCC=C(C)C(C)(C)C. The standard InChI is InChI=1S/C14H28/c1-6-7-8-9-10-11-12-13(2)14(3,4)5/h12H,6-11H2,1-5H3. The lowest BCUT2D eigenvalue weighted by Crippen LogP contribution is -2.06. The zero-order valence-corrected chi connectivity index (χ0v) is 10.8. The molecule has 0 atom stereocenters. The lowest BCUT2D eigenvalue weighted by molar-refractivity contribution is 0.500. The van der Waals surface area contributed by atoms with E-state index in [2.05, 4.69) is 40.7 Å². The molecule has 14 heavy (non-hydrogen) atoms. The third-order valence-corrected chi connectivity index (χ3v) is 2.94. The van der Waals surface area contributed by atoms with Gasteiger partial charge in [0.2, 0.25) is 0 Å². The molecular formula is C14H28. The molecule has 0 nitrogen and oxygen atoms in total. The highest BCUT2D eigenvalue weighted by Gasteiger charge is 2.11. The van der Waals surface area contributed by atoms with E-state index in [0.29, 0.717) is 5.41 Å². The molecule has 0 aromatic heterocycles. The fourth-order valence-corrected chi connectivity index (χ4v) is 1.37. The van der Waals surface area contributed by atoms with Crippen LogP contribution in [-0.4, -0.2) is 0 Å². The first-order valence-electron chi connectivity index (χ1n) is 6.15. The molecule has 0 heteroatoms. The molecule has 0 radical (unpaired) electrons. The van der Waals surface area contributed by atoms with Gasteiger partial charge in [0.25, 0.3) is 0 Å². The normalized spacial score (nSPS) is 13.4. The largest absolute Gasteiger partial charge is 0.0851 e. The zero-order valence-electron chi connectivity index (χ0n) is 10.8. The van der Waals surface area contributed by atoms with Crippen molar-refractivity contribution >= 4 is 0 Å². The van der Waals surface area contributed by atoms with Gasteiger partial charge in [0.15, 0.2) is 0 Å². The molecule has 0 aromatic rings. The molecule has 0 spiro atoms. The summed E-state index contributed by atoms with van der Waals surface area (Å²) in [5.41, 5.74) is 1.90. The van der Waals surface area contributed by atoms with Crippen LogP contribution < -0.4 is 0 Å². The Hall–Kier alpha value is -0.260. The molecule has 0 amide bonds. The second-order valence-electron chi connectivity index (χ2n) is 5.34. The molecule has 0 bridgehead atoms. The van der Waals surface area contributed by atoms with E-state index in [1.54, 1.807) is 0 Å². The molecule has 0 N–H and O–H groups in total. The van der Waals surface area contributed by atoms with Crippen molar-refractivity contribution < 1.29 is 0 Å². The summed E-state index contributed by atoms with van der Waals surface area (Å²) in [6.45, 7) is 11.4. The van der Waals surface area contributed by atoms with E-state index in [9.17, 15) is 0 Å². The van der Waals surface area contributed by atoms with Crippen LogP contribution in [0, 0.1) is 5.41 Å². The Morgan fingerprint density at radius 2 is 1.57 bits per heavy atom. The third-order valence-electron chi connectivity index (χ3n) is 2.94. The first-order chi connectivity index (χ1) is 6.48. The maximum absolute atomic E-state index is 2.42. The first-order valence-corrected chi connectivity index (χ1v) is 6.15. The molecule has 0 fully saturated rings. The molecule has 0 saturated heterocycles. The fraction of sp³-hybridized carbons (Fsp3) is 0.857. The predicted octanol–water partition coefficient (Wildman–Crippen LogP) is 5.34. The second-order valence-corrected chi connectivity index (χ2v) is 5.34. The van der Waals surface area contributed by atoms with E-state index < -0.39 is 0 Å². The third kappa shape index (κ3) is 7.17. The molecule has 0 rings (SSSR count). The Kier molecular flexibility index (Phi) is 6.96. The molecule has 0 saturated carbocycles. The average molecular weight is 196 g/mol. The summed E-state index contributed by atoms with van der Waals surface area (Å²) in [5, 5.41) is 0. The van der Waals surface area contributed by atoms with E-state index in [1.807, 2.05) is 0 Å². The Morgan fingerprint density at radius 1 is 1.00 bits per heavy atom. The zero-order chi connectivity index (χ0) is 11.0. The Labute approximate surface area is 90.8 Å². The number of rotatable bonds is 6. The van der Waals surface area contributed by atoms with Crippen molar-refractivity contribution in [3.8, 4) is 0 Å². The van der Waals surface area contributed by atoms with Crippen LogP contribution in [0.15, 0.2) is 11.6 Å². The second kappa shape index (κ2) is 7.09. The van der Waals surface area contributed by atoms with Gasteiger partial charge in [0, 0.05) is 0 Å². The van der Waals surface area contributed by atoms with Gasteiger partial charge in [-0.1, -0.05) is 65.0 Å². The summed E-state index contributed by atoms with van der Waals surface area (Å²) >= 11 is 0. The molecule has 0 heterocycles. The van der Waals surface area contributed by atoms with Crippen LogP contribution in [0.3, 0.4) is 0 Å². The van der Waals surface area contributed by atoms with Gasteiger partial charge >= 0.3 is 0 Å². The van der Waals surface area contributed by atoms with Crippen molar-refractivity contribution in [3.05, 3.63) is 11.6 Å². The van der Waals surface area contributed by atoms with E-state index in [1.165, 1.54) is 44.1 Å². The molecule has 0 unspecified atom stereocenters. The fourth-order valence-electron chi connectivity index (χ4n) is 1.37. The minimum absolute atomic E-state index is 0.365. The van der Waals surface area contributed by atoms with Gasteiger partial charge in [0.1, 0.15) is 0 Å². The lowest BCUT2D eigenvalue weighted by Gasteiger charge is -2.19. The van der Waals surface area contributed by atoms with Crippen LogP contribution in [0.1, 0.15) is 73.1 Å². The van der Waals surface area contributed by atoms with Crippen LogP contribution in [0.5, 0.6) is 0 Å². The van der Waals surface area contributed by atoms with E-state index in [0.717, 1.165) is 0 Å². The van der Waals surface area contributed by atoms with Crippen molar-refractivity contribution in [3.63, 3.8) is 0 Å². The minimum Gasteiger partial charge on any atom is -0.0851 e. The van der Waals surface area contributed by atoms with Crippen molar-refractivity contribution in [1.82, 2.24) is 0 Å². The topological polar surface area (TPSA) is 0 Å². The van der Waals surface area contributed by atoms with Crippen molar-refractivity contribution in [2.75, 3.05) is 0 Å². The maximum atomic E-state index is 2.42. The van der Waals surface area contributed by atoms with Crippen LogP contribution in [0.2, 0.25) is 0 Å². The highest BCUT2D eigenvalue weighted by molar-refractivity contribution is 5.06. The number of allylic oxidation sites excluding steroid dienone is 2. The van der Waals surface area contributed by atoms with Gasteiger partial charge in [-0.25, -0.2) is 0 Å². The Morgan fingerprint density at radius 3 is 2.07 bits per heavy atom. The Bertz CT molecular complexity index is 157. The smallest absolute Gasteiger partial charge is 0.0176 e. The van der Waals surface area contributed by atoms with Crippen LogP contribution in [-0.2, 0) is 0 Å². The summed E-state index contributed by atoms with van der Waals surface area (Å²) in [6, 6.07) is 0. The first kappa shape index (κ1) is 13.7. The van der Waals surface area contributed by atoms with E-state index >= 15 is 0 Å². The highest BCUT2D eigenvalue weighted by Crippen LogP contribution is 2.25. The number of hydrogen-bond acceptors (Lipinski definition) is 0. The summed E-state index contributed by atoms with van der Waals surface area (Å²) in [7, 11) is 0. The van der Waals surface area contributed by atoms with Crippen molar-refractivity contribution in [2.24, 2.45) is 5.41 Å². The monoisotopic (exact) mass is 196 g/mol. The minimum atomic E-state index is 0.365. The molecule has 84 valence electrons. The van der Waals surface area contributed by atoms with Gasteiger partial charge < -0.3 is 0 Å². The van der Waals surface area contributed by atoms with Crippen LogP contribution in [0.25, 0.3) is 0 Å². The van der Waals surface area contributed by atoms with Crippen LogP contribution in [0.4, 0.5) is 0 Å². The van der Waals surface area contributed by atoms with Gasteiger partial charge in [-0.2, -0.15) is 0 Å². The Balaban J connectivity index is 3.52. The summed E-state index contributed by atoms with van der Waals surface area (Å²) < 4.78 is 0. The molecule has 0 aliphatic heterocycles. The summed E-state index contributed by atoms with van der Waals surface area (Å²) in [5.74, 6) is 0. The van der Waals surface area contributed by atoms with Gasteiger partial charge in [-0.15, -0.1) is 0 Å².